The molecule has 88 valence electrons. The lowest BCUT2D eigenvalue weighted by molar-refractivity contribution is -0.131. The Morgan fingerprint density at radius 2 is 2.25 bits per heavy atom. The second-order valence-corrected chi connectivity index (χ2v) is 3.79. The number of ether oxygens (including phenoxy) is 1. The van der Waals surface area contributed by atoms with E-state index in [1.807, 2.05) is 6.92 Å². The van der Waals surface area contributed by atoms with Gasteiger partial charge in [-0.1, -0.05) is 11.6 Å². The van der Waals surface area contributed by atoms with E-state index in [1.165, 1.54) is 0 Å². The molecule has 0 bridgehead atoms. The summed E-state index contributed by atoms with van der Waals surface area (Å²) in [4.78, 5) is 13.0. The third kappa shape index (κ3) is 3.31. The highest BCUT2D eigenvalue weighted by molar-refractivity contribution is 6.33. The molecule has 0 aliphatic heterocycles. The summed E-state index contributed by atoms with van der Waals surface area (Å²) in [5.41, 5.74) is 6.04. The van der Waals surface area contributed by atoms with Gasteiger partial charge in [0.2, 0.25) is 0 Å². The molecule has 0 unspecified atom stereocenters. The van der Waals surface area contributed by atoms with Gasteiger partial charge in [0.15, 0.2) is 6.61 Å². The zero-order chi connectivity index (χ0) is 12.1. The summed E-state index contributed by atoms with van der Waals surface area (Å²) in [7, 11) is 1.72. The molecule has 2 N–H and O–H groups in total. The van der Waals surface area contributed by atoms with Crippen molar-refractivity contribution < 1.29 is 9.53 Å². The number of benzene rings is 1. The zero-order valence-electron chi connectivity index (χ0n) is 9.37. The highest BCUT2D eigenvalue weighted by Crippen LogP contribution is 2.23. The summed E-state index contributed by atoms with van der Waals surface area (Å²) in [6.07, 6.45) is 0. The first-order valence-corrected chi connectivity index (χ1v) is 5.34. The second kappa shape index (κ2) is 5.61. The number of carbonyl (C=O) groups is 1. The normalized spacial score (nSPS) is 9.94. The van der Waals surface area contributed by atoms with Crippen molar-refractivity contribution in [3.05, 3.63) is 23.2 Å². The lowest BCUT2D eigenvalue weighted by atomic mass is 10.3. The fourth-order valence-electron chi connectivity index (χ4n) is 1.03. The molecule has 0 saturated carbocycles. The Kier molecular flexibility index (Phi) is 4.43. The Balaban J connectivity index is 2.55. The minimum atomic E-state index is -0.0737. The van der Waals surface area contributed by atoms with Crippen molar-refractivity contribution in [3.63, 3.8) is 0 Å². The number of halogens is 1. The zero-order valence-corrected chi connectivity index (χ0v) is 10.1. The van der Waals surface area contributed by atoms with Crippen LogP contribution in [0.1, 0.15) is 6.92 Å². The largest absolute Gasteiger partial charge is 0.484 e. The van der Waals surface area contributed by atoms with Gasteiger partial charge in [-0.3, -0.25) is 4.79 Å². The molecule has 16 heavy (non-hydrogen) atoms. The maximum absolute atomic E-state index is 11.4. The van der Waals surface area contributed by atoms with Crippen LogP contribution in [0.15, 0.2) is 18.2 Å². The summed E-state index contributed by atoms with van der Waals surface area (Å²) in [6, 6.07) is 4.92. The quantitative estimate of drug-likeness (QED) is 0.819. The van der Waals surface area contributed by atoms with Crippen LogP contribution >= 0.6 is 11.6 Å². The van der Waals surface area contributed by atoms with Crippen molar-refractivity contribution >= 4 is 23.2 Å². The van der Waals surface area contributed by atoms with Crippen LogP contribution in [-0.2, 0) is 4.79 Å². The molecule has 1 aromatic carbocycles. The van der Waals surface area contributed by atoms with Gasteiger partial charge in [0.25, 0.3) is 5.91 Å². The van der Waals surface area contributed by atoms with E-state index in [1.54, 1.807) is 30.1 Å². The molecule has 1 amide bonds. The predicted molar refractivity (Wildman–Crippen MR) is 64.7 cm³/mol. The minimum Gasteiger partial charge on any atom is -0.484 e. The summed E-state index contributed by atoms with van der Waals surface area (Å²) >= 11 is 5.82. The van der Waals surface area contributed by atoms with Crippen LogP contribution in [0.25, 0.3) is 0 Å². The molecule has 0 aromatic heterocycles. The molecule has 0 spiro atoms. The number of anilines is 1. The number of nitrogens with zero attached hydrogens (tertiary/aromatic N) is 1. The predicted octanol–water partition coefficient (Wildman–Crippen LogP) is 1.78. The van der Waals surface area contributed by atoms with Crippen LogP contribution in [0.5, 0.6) is 5.75 Å². The van der Waals surface area contributed by atoms with Crippen LogP contribution in [0, 0.1) is 0 Å². The van der Waals surface area contributed by atoms with E-state index in [0.29, 0.717) is 23.0 Å². The van der Waals surface area contributed by atoms with Crippen LogP contribution in [-0.4, -0.2) is 31.0 Å². The molecule has 0 heterocycles. The Labute approximate surface area is 99.9 Å². The van der Waals surface area contributed by atoms with Gasteiger partial charge in [-0.05, 0) is 19.1 Å². The fourth-order valence-corrected chi connectivity index (χ4v) is 1.20. The molecule has 0 radical (unpaired) electrons. The number of hydrogen-bond acceptors (Lipinski definition) is 3. The van der Waals surface area contributed by atoms with Crippen molar-refractivity contribution in [2.75, 3.05) is 25.9 Å². The van der Waals surface area contributed by atoms with Gasteiger partial charge in [0.1, 0.15) is 5.75 Å². The third-order valence-corrected chi connectivity index (χ3v) is 2.56. The molecule has 0 saturated heterocycles. The fraction of sp³-hybridized carbons (Fsp3) is 0.364. The molecule has 0 aliphatic carbocycles. The standard InChI is InChI=1S/C11H15ClN2O2/c1-3-14(2)11(15)7-16-8-4-5-10(13)9(12)6-8/h4-6H,3,7,13H2,1-2H3. The molecule has 1 rings (SSSR count). The number of carbonyl (C=O) groups excluding carboxylic acids is 1. The number of likely N-dealkylation sites (N-methyl/N-ethyl adjacent to an activating group) is 1. The van der Waals surface area contributed by atoms with Gasteiger partial charge in [-0.2, -0.15) is 0 Å². The maximum atomic E-state index is 11.4. The Bertz CT molecular complexity index is 382. The summed E-state index contributed by atoms with van der Waals surface area (Å²) in [5.74, 6) is 0.465. The van der Waals surface area contributed by atoms with Crippen molar-refractivity contribution in [2.45, 2.75) is 6.92 Å². The van der Waals surface area contributed by atoms with Gasteiger partial charge < -0.3 is 15.4 Å². The molecular weight excluding hydrogens is 228 g/mol. The highest BCUT2D eigenvalue weighted by Gasteiger charge is 2.07. The van der Waals surface area contributed by atoms with E-state index >= 15 is 0 Å². The average Bonchev–Trinajstić information content (AvgIpc) is 2.29. The van der Waals surface area contributed by atoms with E-state index in [2.05, 4.69) is 0 Å². The molecule has 1 aromatic rings. The van der Waals surface area contributed by atoms with Crippen LogP contribution in [0.3, 0.4) is 0 Å². The molecule has 0 fully saturated rings. The monoisotopic (exact) mass is 242 g/mol. The van der Waals surface area contributed by atoms with Gasteiger partial charge >= 0.3 is 0 Å². The number of rotatable bonds is 4. The van der Waals surface area contributed by atoms with Crippen LogP contribution in [0.4, 0.5) is 5.69 Å². The summed E-state index contributed by atoms with van der Waals surface area (Å²) in [5, 5.41) is 0.425. The lowest BCUT2D eigenvalue weighted by Crippen LogP contribution is -2.31. The maximum Gasteiger partial charge on any atom is 0.260 e. The van der Waals surface area contributed by atoms with E-state index in [9.17, 15) is 4.79 Å². The number of amides is 1. The van der Waals surface area contributed by atoms with Crippen molar-refractivity contribution in [2.24, 2.45) is 0 Å². The van der Waals surface area contributed by atoms with E-state index in [0.717, 1.165) is 0 Å². The Morgan fingerprint density at radius 1 is 1.56 bits per heavy atom. The highest BCUT2D eigenvalue weighted by atomic mass is 35.5. The van der Waals surface area contributed by atoms with E-state index < -0.39 is 0 Å². The molecule has 0 atom stereocenters. The van der Waals surface area contributed by atoms with Crippen molar-refractivity contribution in [3.8, 4) is 5.75 Å². The Hall–Kier alpha value is -1.42. The first kappa shape index (κ1) is 12.6. The average molecular weight is 243 g/mol. The smallest absolute Gasteiger partial charge is 0.260 e. The number of hydrogen-bond donors (Lipinski definition) is 1. The SMILES string of the molecule is CCN(C)C(=O)COc1ccc(N)c(Cl)c1. The Morgan fingerprint density at radius 3 is 2.81 bits per heavy atom. The van der Waals surface area contributed by atoms with Gasteiger partial charge in [0, 0.05) is 19.7 Å². The van der Waals surface area contributed by atoms with Gasteiger partial charge in [-0.25, -0.2) is 0 Å². The summed E-state index contributed by atoms with van der Waals surface area (Å²) < 4.78 is 5.30. The number of nitrogens with two attached hydrogens (primary N) is 1. The third-order valence-electron chi connectivity index (χ3n) is 2.23. The molecular formula is C11H15ClN2O2. The first-order valence-electron chi connectivity index (χ1n) is 4.96. The topological polar surface area (TPSA) is 55.6 Å². The lowest BCUT2D eigenvalue weighted by Gasteiger charge is -2.14. The molecule has 0 aliphatic rings. The number of nitrogen functional groups attached to an aromatic ring is 1. The molecule has 4 nitrogen and oxygen atoms in total. The van der Waals surface area contributed by atoms with Crippen LogP contribution in [0.2, 0.25) is 5.02 Å². The first-order chi connectivity index (χ1) is 7.54. The van der Waals surface area contributed by atoms with Gasteiger partial charge in [-0.15, -0.1) is 0 Å². The summed E-state index contributed by atoms with van der Waals surface area (Å²) in [6.45, 7) is 2.56. The van der Waals surface area contributed by atoms with E-state index in [-0.39, 0.29) is 12.5 Å². The second-order valence-electron chi connectivity index (χ2n) is 3.38. The van der Waals surface area contributed by atoms with Crippen molar-refractivity contribution in [1.82, 2.24) is 4.90 Å². The van der Waals surface area contributed by atoms with Gasteiger partial charge in [0.05, 0.1) is 10.7 Å². The molecule has 5 heteroatoms. The minimum absolute atomic E-state index is 0.00455. The van der Waals surface area contributed by atoms with E-state index in [4.69, 9.17) is 22.1 Å². The van der Waals surface area contributed by atoms with Crippen LogP contribution < -0.4 is 10.5 Å². The van der Waals surface area contributed by atoms with Crippen molar-refractivity contribution in [1.29, 1.82) is 0 Å².